The van der Waals surface area contributed by atoms with Gasteiger partial charge in [-0.25, -0.2) is 9.07 Å². The molecule has 0 amide bonds. The van der Waals surface area contributed by atoms with E-state index < -0.39 is 6.04 Å². The van der Waals surface area contributed by atoms with Gasteiger partial charge in [-0.1, -0.05) is 18.2 Å². The van der Waals surface area contributed by atoms with Gasteiger partial charge in [-0.2, -0.15) is 5.10 Å². The highest BCUT2D eigenvalue weighted by atomic mass is 19.1. The van der Waals surface area contributed by atoms with Gasteiger partial charge in [0.05, 0.1) is 34.8 Å². The van der Waals surface area contributed by atoms with Gasteiger partial charge in [0.1, 0.15) is 5.82 Å². The fourth-order valence-electron chi connectivity index (χ4n) is 2.91. The number of halogens is 1. The molecule has 0 aliphatic heterocycles. The predicted octanol–water partition coefficient (Wildman–Crippen LogP) is 3.20. The lowest BCUT2D eigenvalue weighted by Gasteiger charge is -2.15. The summed E-state index contributed by atoms with van der Waals surface area (Å²) in [5.41, 5.74) is 9.07. The van der Waals surface area contributed by atoms with Crippen LogP contribution in [0.1, 0.15) is 17.4 Å². The lowest BCUT2D eigenvalue weighted by atomic mass is 10.1. The second kappa shape index (κ2) is 6.41. The van der Waals surface area contributed by atoms with E-state index in [2.05, 4.69) is 15.1 Å². The van der Waals surface area contributed by atoms with Crippen molar-refractivity contribution in [1.29, 1.82) is 0 Å². The van der Waals surface area contributed by atoms with E-state index >= 15 is 0 Å². The smallest absolute Gasteiger partial charge is 0.144 e. The summed E-state index contributed by atoms with van der Waals surface area (Å²) in [6, 6.07) is 14.1. The molecular weight excluding hydrogens is 317 g/mol. The van der Waals surface area contributed by atoms with Crippen LogP contribution in [0.3, 0.4) is 0 Å². The number of aromatic nitrogens is 4. The third-order valence-electron chi connectivity index (χ3n) is 4.12. The zero-order valence-corrected chi connectivity index (χ0v) is 13.4. The molecule has 4 aromatic rings. The molecule has 124 valence electrons. The minimum absolute atomic E-state index is 0.260. The molecule has 0 aliphatic carbocycles. The Morgan fingerprint density at radius 2 is 1.80 bits per heavy atom. The zero-order valence-electron chi connectivity index (χ0n) is 13.4. The van der Waals surface area contributed by atoms with Crippen molar-refractivity contribution in [3.8, 4) is 5.69 Å². The molecule has 1 atom stereocenters. The third-order valence-corrected chi connectivity index (χ3v) is 4.12. The Balaban J connectivity index is 1.75. The second-order valence-corrected chi connectivity index (χ2v) is 5.77. The Labute approximate surface area is 144 Å². The largest absolute Gasteiger partial charge is 0.322 e. The van der Waals surface area contributed by atoms with Gasteiger partial charge in [0.25, 0.3) is 0 Å². The number of pyridine rings is 2. The van der Waals surface area contributed by atoms with Crippen LogP contribution in [0.25, 0.3) is 16.6 Å². The van der Waals surface area contributed by atoms with Crippen molar-refractivity contribution >= 4 is 10.9 Å². The van der Waals surface area contributed by atoms with Gasteiger partial charge < -0.3 is 5.73 Å². The maximum absolute atomic E-state index is 13.9. The second-order valence-electron chi connectivity index (χ2n) is 5.77. The molecule has 0 aliphatic rings. The standard InChI is InChI=1S/C19H16FN5/c20-14-6-3-9-22-16(14)11-15(21)19-18(8-4-10-23-19)25-17-7-2-1-5-13(17)12-24-25/h1-10,12,15H,11,21H2. The van der Waals surface area contributed by atoms with E-state index in [4.69, 9.17) is 5.73 Å². The van der Waals surface area contributed by atoms with Crippen LogP contribution >= 0.6 is 0 Å². The molecule has 25 heavy (non-hydrogen) atoms. The summed E-state index contributed by atoms with van der Waals surface area (Å²) in [4.78, 5) is 8.51. The van der Waals surface area contributed by atoms with Crippen molar-refractivity contribution in [3.05, 3.63) is 84.3 Å². The number of fused-ring (bicyclic) bond motifs is 1. The van der Waals surface area contributed by atoms with Crippen molar-refractivity contribution < 1.29 is 4.39 Å². The molecule has 5 nitrogen and oxygen atoms in total. The van der Waals surface area contributed by atoms with E-state index in [1.165, 1.54) is 6.07 Å². The molecule has 4 rings (SSSR count). The maximum Gasteiger partial charge on any atom is 0.144 e. The molecule has 0 radical (unpaired) electrons. The van der Waals surface area contributed by atoms with Gasteiger partial charge in [0, 0.05) is 24.2 Å². The van der Waals surface area contributed by atoms with E-state index in [1.54, 1.807) is 24.7 Å². The van der Waals surface area contributed by atoms with E-state index in [0.717, 1.165) is 16.6 Å². The minimum Gasteiger partial charge on any atom is -0.322 e. The Hall–Kier alpha value is -3.12. The van der Waals surface area contributed by atoms with Gasteiger partial charge in [-0.3, -0.25) is 9.97 Å². The molecule has 0 fully saturated rings. The summed E-state index contributed by atoms with van der Waals surface area (Å²) in [5, 5.41) is 5.49. The Morgan fingerprint density at radius 3 is 2.68 bits per heavy atom. The van der Waals surface area contributed by atoms with Gasteiger partial charge in [0.2, 0.25) is 0 Å². The number of benzene rings is 1. The summed E-state index contributed by atoms with van der Waals surface area (Å²) in [6.45, 7) is 0. The van der Waals surface area contributed by atoms with Crippen LogP contribution in [0.2, 0.25) is 0 Å². The number of hydrogen-bond acceptors (Lipinski definition) is 4. The first-order chi connectivity index (χ1) is 12.2. The monoisotopic (exact) mass is 333 g/mol. The van der Waals surface area contributed by atoms with Gasteiger partial charge in [0.15, 0.2) is 0 Å². The highest BCUT2D eigenvalue weighted by molar-refractivity contribution is 5.80. The lowest BCUT2D eigenvalue weighted by molar-refractivity contribution is 0.575. The molecule has 0 spiro atoms. The van der Waals surface area contributed by atoms with Gasteiger partial charge in [-0.15, -0.1) is 0 Å². The average molecular weight is 333 g/mol. The molecule has 0 saturated carbocycles. The molecule has 3 aromatic heterocycles. The zero-order chi connectivity index (χ0) is 17.2. The lowest BCUT2D eigenvalue weighted by Crippen LogP contribution is -2.19. The van der Waals surface area contributed by atoms with Crippen LogP contribution in [-0.4, -0.2) is 19.7 Å². The van der Waals surface area contributed by atoms with Gasteiger partial charge >= 0.3 is 0 Å². The SMILES string of the molecule is NC(Cc1ncccc1F)c1ncccc1-n1ncc2ccccc21. The first-order valence-electron chi connectivity index (χ1n) is 7.97. The number of rotatable bonds is 4. The van der Waals surface area contributed by atoms with Crippen molar-refractivity contribution in [2.75, 3.05) is 0 Å². The summed E-state index contributed by atoms with van der Waals surface area (Å²) in [7, 11) is 0. The fraction of sp³-hybridized carbons (Fsp3) is 0.105. The van der Waals surface area contributed by atoms with E-state index in [1.807, 2.05) is 41.1 Å². The molecular formula is C19H16FN5. The highest BCUT2D eigenvalue weighted by Crippen LogP contribution is 2.24. The predicted molar refractivity (Wildman–Crippen MR) is 93.7 cm³/mol. The summed E-state index contributed by atoms with van der Waals surface area (Å²) >= 11 is 0. The third kappa shape index (κ3) is 2.88. The van der Waals surface area contributed by atoms with Crippen LogP contribution in [-0.2, 0) is 6.42 Å². The Morgan fingerprint density at radius 1 is 1.00 bits per heavy atom. The molecule has 6 heteroatoms. The Bertz CT molecular complexity index is 1030. The number of nitrogens with zero attached hydrogens (tertiary/aromatic N) is 4. The molecule has 2 N–H and O–H groups in total. The number of nitrogens with two attached hydrogens (primary N) is 1. The highest BCUT2D eigenvalue weighted by Gasteiger charge is 2.18. The maximum atomic E-state index is 13.9. The van der Waals surface area contributed by atoms with Crippen LogP contribution < -0.4 is 5.73 Å². The molecule has 0 saturated heterocycles. The van der Waals surface area contributed by atoms with Crippen LogP contribution in [0.4, 0.5) is 4.39 Å². The number of hydrogen-bond donors (Lipinski definition) is 1. The van der Waals surface area contributed by atoms with Crippen LogP contribution in [0, 0.1) is 5.82 Å². The topological polar surface area (TPSA) is 69.6 Å². The first-order valence-corrected chi connectivity index (χ1v) is 7.97. The van der Waals surface area contributed by atoms with Crippen LogP contribution in [0.15, 0.2) is 67.1 Å². The van der Waals surface area contributed by atoms with Crippen molar-refractivity contribution in [3.63, 3.8) is 0 Å². The fourth-order valence-corrected chi connectivity index (χ4v) is 2.91. The molecule has 3 heterocycles. The normalized spacial score (nSPS) is 12.4. The number of para-hydroxylation sites is 1. The van der Waals surface area contributed by atoms with Crippen molar-refractivity contribution in [2.45, 2.75) is 12.5 Å². The molecule has 1 aromatic carbocycles. The van der Waals surface area contributed by atoms with E-state index in [9.17, 15) is 4.39 Å². The summed E-state index contributed by atoms with van der Waals surface area (Å²) < 4.78 is 15.7. The van der Waals surface area contributed by atoms with Crippen molar-refractivity contribution in [2.24, 2.45) is 5.73 Å². The summed E-state index contributed by atoms with van der Waals surface area (Å²) in [5.74, 6) is -0.361. The van der Waals surface area contributed by atoms with Crippen LogP contribution in [0.5, 0.6) is 0 Å². The van der Waals surface area contributed by atoms with E-state index in [-0.39, 0.29) is 12.2 Å². The molecule has 1 unspecified atom stereocenters. The molecule has 0 bridgehead atoms. The average Bonchev–Trinajstić information content (AvgIpc) is 3.07. The Kier molecular flexibility index (Phi) is 3.95. The van der Waals surface area contributed by atoms with Gasteiger partial charge in [-0.05, 0) is 30.3 Å². The van der Waals surface area contributed by atoms with E-state index in [0.29, 0.717) is 11.4 Å². The first kappa shape index (κ1) is 15.4. The quantitative estimate of drug-likeness (QED) is 0.623. The minimum atomic E-state index is -0.497. The van der Waals surface area contributed by atoms with Crippen molar-refractivity contribution in [1.82, 2.24) is 19.7 Å². The summed E-state index contributed by atoms with van der Waals surface area (Å²) in [6.07, 6.45) is 5.30.